The number of rotatable bonds is 4. The Hall–Kier alpha value is -0.890. The molecule has 0 spiro atoms. The molecule has 2 heterocycles. The summed E-state index contributed by atoms with van der Waals surface area (Å²) < 4.78 is 5.84. The molecule has 0 amide bonds. The minimum absolute atomic E-state index is 0.0555. The molecule has 0 N–H and O–H groups in total. The number of carbonyl (C=O) groups is 1. The average Bonchev–Trinajstić information content (AvgIpc) is 2.43. The van der Waals surface area contributed by atoms with Crippen molar-refractivity contribution < 1.29 is 9.53 Å². The van der Waals surface area contributed by atoms with Crippen molar-refractivity contribution in [3.05, 3.63) is 24.8 Å². The maximum atomic E-state index is 11.4. The van der Waals surface area contributed by atoms with Crippen LogP contribution in [0.2, 0.25) is 0 Å². The van der Waals surface area contributed by atoms with Gasteiger partial charge in [0.2, 0.25) is 0 Å². The third-order valence-corrected chi connectivity index (χ3v) is 2.93. The van der Waals surface area contributed by atoms with Crippen LogP contribution < -0.4 is 0 Å². The van der Waals surface area contributed by atoms with Gasteiger partial charge in [-0.25, -0.2) is 0 Å². The van der Waals surface area contributed by atoms with Crippen LogP contribution in [-0.2, 0) is 9.53 Å². The van der Waals surface area contributed by atoms with E-state index >= 15 is 0 Å². The van der Waals surface area contributed by atoms with Crippen molar-refractivity contribution in [3.8, 4) is 0 Å². The molecule has 2 aliphatic rings. The van der Waals surface area contributed by atoms with Crippen LogP contribution in [0.4, 0.5) is 0 Å². The fourth-order valence-electron chi connectivity index (χ4n) is 2.28. The molecule has 2 bridgehead atoms. The number of ether oxygens (including phenoxy) is 1. The first-order chi connectivity index (χ1) is 6.74. The molecule has 0 aromatic carbocycles. The first-order valence-electron chi connectivity index (χ1n) is 5.24. The molecule has 0 unspecified atom stereocenters. The van der Waals surface area contributed by atoms with Crippen LogP contribution in [0.25, 0.3) is 0 Å². The average molecular weight is 192 g/mol. The smallest absolute Gasteiger partial charge is 0.139 e. The standard InChI is InChI=1S/C12H16O2/c1-2-3-4-6-12-7-5-11(14-12)8-10(13)9-12/h2,5,7,11H,1,3-4,6,8-9H2/t11-,12+/m1/s1. The predicted molar refractivity (Wildman–Crippen MR) is 55.0 cm³/mol. The van der Waals surface area contributed by atoms with E-state index in [-0.39, 0.29) is 11.7 Å². The summed E-state index contributed by atoms with van der Waals surface area (Å²) in [4.78, 5) is 11.4. The summed E-state index contributed by atoms with van der Waals surface area (Å²) in [7, 11) is 0. The van der Waals surface area contributed by atoms with E-state index in [9.17, 15) is 4.79 Å². The van der Waals surface area contributed by atoms with E-state index in [0.29, 0.717) is 18.6 Å². The van der Waals surface area contributed by atoms with Crippen LogP contribution in [0.5, 0.6) is 0 Å². The van der Waals surface area contributed by atoms with E-state index in [1.807, 2.05) is 12.2 Å². The van der Waals surface area contributed by atoms with Crippen molar-refractivity contribution in [1.29, 1.82) is 0 Å². The van der Waals surface area contributed by atoms with Crippen molar-refractivity contribution in [2.24, 2.45) is 0 Å². The van der Waals surface area contributed by atoms with Gasteiger partial charge in [0, 0.05) is 12.8 Å². The largest absolute Gasteiger partial charge is 0.363 e. The lowest BCUT2D eigenvalue weighted by molar-refractivity contribution is -0.137. The molecule has 0 radical (unpaired) electrons. The summed E-state index contributed by atoms with van der Waals surface area (Å²) in [6.07, 6.45) is 10.2. The van der Waals surface area contributed by atoms with Gasteiger partial charge in [0.15, 0.2) is 0 Å². The van der Waals surface area contributed by atoms with Gasteiger partial charge in [-0.3, -0.25) is 4.79 Å². The topological polar surface area (TPSA) is 26.3 Å². The Kier molecular flexibility index (Phi) is 2.55. The monoisotopic (exact) mass is 192 g/mol. The molecular formula is C12H16O2. The molecule has 2 atom stereocenters. The van der Waals surface area contributed by atoms with Crippen LogP contribution in [0.15, 0.2) is 24.8 Å². The first kappa shape index (κ1) is 9.66. The SMILES string of the molecule is C=CCCC[C@]12C=C[C@H](CC(=O)C1)O2. The fourth-order valence-corrected chi connectivity index (χ4v) is 2.28. The molecule has 0 aromatic heterocycles. The van der Waals surface area contributed by atoms with E-state index in [1.54, 1.807) is 0 Å². The fraction of sp³-hybridized carbons (Fsp3) is 0.583. The maximum Gasteiger partial charge on any atom is 0.139 e. The zero-order valence-electron chi connectivity index (χ0n) is 8.37. The Morgan fingerprint density at radius 3 is 3.36 bits per heavy atom. The molecule has 14 heavy (non-hydrogen) atoms. The van der Waals surface area contributed by atoms with Crippen molar-refractivity contribution >= 4 is 5.78 Å². The zero-order chi connectivity index (χ0) is 10.0. The summed E-state index contributed by atoms with van der Waals surface area (Å²) in [5.41, 5.74) is -0.261. The van der Waals surface area contributed by atoms with Crippen LogP contribution in [0.1, 0.15) is 32.1 Å². The van der Waals surface area contributed by atoms with Gasteiger partial charge < -0.3 is 4.74 Å². The highest BCUT2D eigenvalue weighted by molar-refractivity contribution is 5.82. The third kappa shape index (κ3) is 1.80. The van der Waals surface area contributed by atoms with Gasteiger partial charge in [0.05, 0.1) is 11.7 Å². The molecule has 0 aliphatic carbocycles. The Balaban J connectivity index is 1.97. The molecule has 2 nitrogen and oxygen atoms in total. The molecule has 2 heteroatoms. The summed E-state index contributed by atoms with van der Waals surface area (Å²) in [5, 5.41) is 0. The minimum Gasteiger partial charge on any atom is -0.363 e. The second-order valence-corrected chi connectivity index (χ2v) is 4.18. The van der Waals surface area contributed by atoms with Gasteiger partial charge in [-0.15, -0.1) is 6.58 Å². The van der Waals surface area contributed by atoms with Crippen LogP contribution in [0.3, 0.4) is 0 Å². The number of hydrogen-bond donors (Lipinski definition) is 0. The van der Waals surface area contributed by atoms with Gasteiger partial charge in [0.25, 0.3) is 0 Å². The number of hydrogen-bond acceptors (Lipinski definition) is 2. The molecular weight excluding hydrogens is 176 g/mol. The number of allylic oxidation sites excluding steroid dienone is 1. The number of Topliss-reactive ketones (excluding diaryl/α,β-unsaturated/α-hetero) is 1. The first-order valence-corrected chi connectivity index (χ1v) is 5.24. The van der Waals surface area contributed by atoms with Crippen molar-refractivity contribution in [2.45, 2.75) is 43.8 Å². The van der Waals surface area contributed by atoms with E-state index < -0.39 is 0 Å². The van der Waals surface area contributed by atoms with Gasteiger partial charge in [-0.05, 0) is 19.3 Å². The van der Waals surface area contributed by atoms with E-state index in [2.05, 4.69) is 12.7 Å². The number of carbonyl (C=O) groups excluding carboxylic acids is 1. The second kappa shape index (κ2) is 3.70. The van der Waals surface area contributed by atoms with E-state index in [4.69, 9.17) is 4.74 Å². The quantitative estimate of drug-likeness (QED) is 0.505. The molecule has 0 saturated carbocycles. The highest BCUT2D eigenvalue weighted by Gasteiger charge is 2.41. The number of fused-ring (bicyclic) bond motifs is 2. The summed E-state index contributed by atoms with van der Waals surface area (Å²) in [6, 6.07) is 0. The molecule has 0 aromatic rings. The maximum absolute atomic E-state index is 11.4. The van der Waals surface area contributed by atoms with E-state index in [0.717, 1.165) is 19.3 Å². The molecule has 2 rings (SSSR count). The Morgan fingerprint density at radius 1 is 1.71 bits per heavy atom. The summed E-state index contributed by atoms with van der Waals surface area (Å²) >= 11 is 0. The normalized spacial score (nSPS) is 34.9. The highest BCUT2D eigenvalue weighted by atomic mass is 16.5. The van der Waals surface area contributed by atoms with Crippen LogP contribution in [-0.4, -0.2) is 17.5 Å². The van der Waals surface area contributed by atoms with Crippen molar-refractivity contribution in [3.63, 3.8) is 0 Å². The van der Waals surface area contributed by atoms with Gasteiger partial charge in [-0.1, -0.05) is 18.2 Å². The minimum atomic E-state index is -0.261. The lowest BCUT2D eigenvalue weighted by Crippen LogP contribution is -2.38. The Morgan fingerprint density at radius 2 is 2.57 bits per heavy atom. The summed E-state index contributed by atoms with van der Waals surface area (Å²) in [5.74, 6) is 0.338. The van der Waals surface area contributed by atoms with Gasteiger partial charge >= 0.3 is 0 Å². The molecule has 1 saturated heterocycles. The third-order valence-electron chi connectivity index (χ3n) is 2.93. The van der Waals surface area contributed by atoms with Crippen LogP contribution >= 0.6 is 0 Å². The van der Waals surface area contributed by atoms with Crippen molar-refractivity contribution in [2.75, 3.05) is 0 Å². The second-order valence-electron chi connectivity index (χ2n) is 4.18. The van der Waals surface area contributed by atoms with Crippen molar-refractivity contribution in [1.82, 2.24) is 0 Å². The lowest BCUT2D eigenvalue weighted by atomic mass is 9.90. The molecule has 1 fully saturated rings. The highest BCUT2D eigenvalue weighted by Crippen LogP contribution is 2.37. The Bertz CT molecular complexity index is 280. The number of unbranched alkanes of at least 4 members (excludes halogenated alkanes) is 1. The Labute approximate surface area is 84.6 Å². The predicted octanol–water partition coefficient (Wildman–Crippen LogP) is 2.40. The lowest BCUT2D eigenvalue weighted by Gasteiger charge is -2.32. The number of ketones is 1. The molecule has 76 valence electrons. The zero-order valence-corrected chi connectivity index (χ0v) is 8.37. The van der Waals surface area contributed by atoms with Crippen LogP contribution in [0, 0.1) is 0 Å². The molecule has 2 aliphatic heterocycles. The van der Waals surface area contributed by atoms with Gasteiger partial charge in [-0.2, -0.15) is 0 Å². The van der Waals surface area contributed by atoms with Gasteiger partial charge in [0.1, 0.15) is 5.78 Å². The summed E-state index contributed by atoms with van der Waals surface area (Å²) in [6.45, 7) is 3.69. The van der Waals surface area contributed by atoms with E-state index in [1.165, 1.54) is 0 Å².